The number of carboxylic acids is 1. The van der Waals surface area contributed by atoms with Gasteiger partial charge in [0.05, 0.1) is 27.2 Å². The number of halogens is 4. The molecule has 0 aliphatic heterocycles. The molecule has 0 bridgehead atoms. The summed E-state index contributed by atoms with van der Waals surface area (Å²) in [6, 6.07) is 7.72. The molecule has 23 heavy (non-hydrogen) atoms. The molecule has 8 heteroatoms. The Morgan fingerprint density at radius 1 is 0.957 bits per heavy atom. The summed E-state index contributed by atoms with van der Waals surface area (Å²) in [6.07, 6.45) is 0. The number of carbonyl (C=O) groups excluding carboxylic acids is 1. The standard InChI is InChI=1S/C8H6BrFO2.C7H4BrFO2/c1-12-8(11)5-2-3-6(9)7(10)4-5;8-5-2-1-4(7(10)11)3-6(5)9/h2-4H,1H3;1-3H,(H,10,11). The van der Waals surface area contributed by atoms with E-state index in [9.17, 15) is 18.4 Å². The maximum Gasteiger partial charge on any atom is 0.337 e. The van der Waals surface area contributed by atoms with Crippen molar-refractivity contribution in [3.05, 3.63) is 68.1 Å². The van der Waals surface area contributed by atoms with Crippen molar-refractivity contribution in [2.24, 2.45) is 0 Å². The third kappa shape index (κ3) is 5.72. The zero-order valence-corrected chi connectivity index (χ0v) is 14.8. The maximum atomic E-state index is 12.8. The van der Waals surface area contributed by atoms with E-state index in [1.165, 1.54) is 31.4 Å². The van der Waals surface area contributed by atoms with Crippen LogP contribution in [-0.2, 0) is 4.74 Å². The number of esters is 1. The molecule has 4 nitrogen and oxygen atoms in total. The lowest BCUT2D eigenvalue weighted by Gasteiger charge is -1.99. The first-order chi connectivity index (χ1) is 10.8. The molecule has 0 spiro atoms. The normalized spacial score (nSPS) is 9.61. The van der Waals surface area contributed by atoms with E-state index in [4.69, 9.17) is 5.11 Å². The Morgan fingerprint density at radius 2 is 1.39 bits per heavy atom. The quantitative estimate of drug-likeness (QED) is 0.674. The van der Waals surface area contributed by atoms with Gasteiger partial charge in [-0.2, -0.15) is 0 Å². The van der Waals surface area contributed by atoms with E-state index in [-0.39, 0.29) is 15.6 Å². The van der Waals surface area contributed by atoms with Gasteiger partial charge in [0, 0.05) is 0 Å². The van der Waals surface area contributed by atoms with Crippen molar-refractivity contribution in [3.8, 4) is 0 Å². The molecule has 0 unspecified atom stereocenters. The molecule has 0 radical (unpaired) electrons. The minimum absolute atomic E-state index is 0.0503. The molecule has 1 N–H and O–H groups in total. The molecule has 0 amide bonds. The van der Waals surface area contributed by atoms with Crippen molar-refractivity contribution < 1.29 is 28.2 Å². The topological polar surface area (TPSA) is 63.6 Å². The molecule has 2 rings (SSSR count). The monoisotopic (exact) mass is 450 g/mol. The third-order valence-corrected chi connectivity index (χ3v) is 3.79. The van der Waals surface area contributed by atoms with Gasteiger partial charge in [-0.05, 0) is 68.3 Å². The number of rotatable bonds is 2. The summed E-state index contributed by atoms with van der Waals surface area (Å²) in [5, 5.41) is 8.42. The fourth-order valence-electron chi connectivity index (χ4n) is 1.37. The lowest BCUT2D eigenvalue weighted by molar-refractivity contribution is 0.0599. The summed E-state index contributed by atoms with van der Waals surface area (Å²) >= 11 is 5.88. The Labute approximate surface area is 147 Å². The molecule has 0 aromatic heterocycles. The molecular weight excluding hydrogens is 442 g/mol. The molecule has 2 aromatic rings. The van der Waals surface area contributed by atoms with Crippen molar-refractivity contribution in [1.29, 1.82) is 0 Å². The van der Waals surface area contributed by atoms with E-state index in [1.807, 2.05) is 0 Å². The van der Waals surface area contributed by atoms with E-state index < -0.39 is 23.6 Å². The van der Waals surface area contributed by atoms with Crippen molar-refractivity contribution in [2.75, 3.05) is 7.11 Å². The van der Waals surface area contributed by atoms with Crippen LogP contribution in [0.15, 0.2) is 45.3 Å². The zero-order chi connectivity index (χ0) is 17.6. The lowest BCUT2D eigenvalue weighted by Crippen LogP contribution is -2.01. The molecule has 2 aromatic carbocycles. The van der Waals surface area contributed by atoms with Gasteiger partial charge in [0.25, 0.3) is 0 Å². The zero-order valence-electron chi connectivity index (χ0n) is 11.6. The van der Waals surface area contributed by atoms with Crippen LogP contribution >= 0.6 is 31.9 Å². The molecule has 0 saturated carbocycles. The summed E-state index contributed by atoms with van der Waals surface area (Å²) in [5.41, 5.74) is 0.156. The van der Waals surface area contributed by atoms with Gasteiger partial charge in [0.2, 0.25) is 0 Å². The SMILES string of the molecule is COC(=O)c1ccc(Br)c(F)c1.O=C(O)c1ccc(Br)c(F)c1. The molecule has 0 aliphatic carbocycles. The maximum absolute atomic E-state index is 12.8. The second-order valence-electron chi connectivity index (χ2n) is 4.05. The highest BCUT2D eigenvalue weighted by Crippen LogP contribution is 2.17. The Bertz CT molecular complexity index is 735. The number of carbonyl (C=O) groups is 2. The summed E-state index contributed by atoms with van der Waals surface area (Å²) < 4.78 is 30.5. The number of methoxy groups -OCH3 is 1. The van der Waals surface area contributed by atoms with Crippen LogP contribution in [0.3, 0.4) is 0 Å². The number of benzene rings is 2. The fourth-order valence-corrected chi connectivity index (χ4v) is 1.86. The van der Waals surface area contributed by atoms with Crippen molar-refractivity contribution in [1.82, 2.24) is 0 Å². The average Bonchev–Trinajstić information content (AvgIpc) is 2.52. The van der Waals surface area contributed by atoms with Gasteiger partial charge in [0.1, 0.15) is 11.6 Å². The largest absolute Gasteiger partial charge is 0.478 e. The van der Waals surface area contributed by atoms with Gasteiger partial charge in [-0.1, -0.05) is 0 Å². The molecule has 0 heterocycles. The highest BCUT2D eigenvalue weighted by molar-refractivity contribution is 9.10. The van der Waals surface area contributed by atoms with Crippen molar-refractivity contribution in [3.63, 3.8) is 0 Å². The minimum atomic E-state index is -1.13. The Balaban J connectivity index is 0.000000231. The van der Waals surface area contributed by atoms with Crippen LogP contribution in [0.5, 0.6) is 0 Å². The Morgan fingerprint density at radius 3 is 1.78 bits per heavy atom. The second-order valence-corrected chi connectivity index (χ2v) is 5.76. The van der Waals surface area contributed by atoms with Gasteiger partial charge in [-0.3, -0.25) is 0 Å². The number of hydrogen-bond donors (Lipinski definition) is 1. The summed E-state index contributed by atoms with van der Waals surface area (Å²) in [4.78, 5) is 21.2. The summed E-state index contributed by atoms with van der Waals surface area (Å²) in [7, 11) is 1.25. The van der Waals surface area contributed by atoms with E-state index in [1.54, 1.807) is 0 Å². The van der Waals surface area contributed by atoms with Crippen LogP contribution in [0, 0.1) is 11.6 Å². The number of hydrogen-bond acceptors (Lipinski definition) is 3. The summed E-state index contributed by atoms with van der Waals surface area (Å²) in [5.74, 6) is -2.71. The average molecular weight is 452 g/mol. The van der Waals surface area contributed by atoms with Crippen LogP contribution < -0.4 is 0 Å². The van der Waals surface area contributed by atoms with Gasteiger partial charge in [-0.25, -0.2) is 18.4 Å². The predicted molar refractivity (Wildman–Crippen MR) is 86.5 cm³/mol. The molecule has 0 fully saturated rings. The Kier molecular flexibility index (Phi) is 7.31. The first kappa shape index (κ1) is 19.2. The van der Waals surface area contributed by atoms with Crippen molar-refractivity contribution >= 4 is 43.8 Å². The van der Waals surface area contributed by atoms with E-state index >= 15 is 0 Å². The molecule has 0 atom stereocenters. The van der Waals surface area contributed by atoms with E-state index in [2.05, 4.69) is 36.6 Å². The van der Waals surface area contributed by atoms with Crippen molar-refractivity contribution in [2.45, 2.75) is 0 Å². The number of aromatic carboxylic acids is 1. The van der Waals surface area contributed by atoms with E-state index in [0.717, 1.165) is 12.1 Å². The highest BCUT2D eigenvalue weighted by Gasteiger charge is 2.07. The van der Waals surface area contributed by atoms with Gasteiger partial charge in [0.15, 0.2) is 0 Å². The van der Waals surface area contributed by atoms with Gasteiger partial charge in [-0.15, -0.1) is 0 Å². The molecule has 0 saturated heterocycles. The minimum Gasteiger partial charge on any atom is -0.478 e. The highest BCUT2D eigenvalue weighted by atomic mass is 79.9. The fraction of sp³-hybridized carbons (Fsp3) is 0.0667. The number of carboxylic acid groups (broad SMARTS) is 1. The third-order valence-electron chi connectivity index (χ3n) is 2.51. The van der Waals surface area contributed by atoms with Crippen LogP contribution in [0.2, 0.25) is 0 Å². The molecule has 0 aliphatic rings. The van der Waals surface area contributed by atoms with Gasteiger partial charge < -0.3 is 9.84 Å². The van der Waals surface area contributed by atoms with Crippen LogP contribution in [0.4, 0.5) is 8.78 Å². The molecular formula is C15H10Br2F2O4. The van der Waals surface area contributed by atoms with Crippen LogP contribution in [0.1, 0.15) is 20.7 Å². The van der Waals surface area contributed by atoms with Gasteiger partial charge >= 0.3 is 11.9 Å². The lowest BCUT2D eigenvalue weighted by atomic mass is 10.2. The smallest absolute Gasteiger partial charge is 0.337 e. The first-order valence-corrected chi connectivity index (χ1v) is 7.56. The van der Waals surface area contributed by atoms with Crippen LogP contribution in [0.25, 0.3) is 0 Å². The predicted octanol–water partition coefficient (Wildman–Crippen LogP) is 4.66. The Hall–Kier alpha value is -1.80. The second kappa shape index (κ2) is 8.73. The van der Waals surface area contributed by atoms with E-state index in [0.29, 0.717) is 4.47 Å². The van der Waals surface area contributed by atoms with Crippen LogP contribution in [-0.4, -0.2) is 24.2 Å². The summed E-state index contributed by atoms with van der Waals surface area (Å²) in [6.45, 7) is 0. The molecule has 122 valence electrons. The number of ether oxygens (including phenoxy) is 1. The first-order valence-electron chi connectivity index (χ1n) is 5.98.